The van der Waals surface area contributed by atoms with E-state index in [4.69, 9.17) is 4.74 Å². The molecule has 2 saturated heterocycles. The Labute approximate surface area is 165 Å². The van der Waals surface area contributed by atoms with Crippen LogP contribution in [0.4, 0.5) is 4.39 Å². The maximum atomic E-state index is 14.4. The molecule has 4 rings (SSSR count). The van der Waals surface area contributed by atoms with Crippen LogP contribution in [0.25, 0.3) is 0 Å². The van der Waals surface area contributed by atoms with E-state index in [0.29, 0.717) is 25.9 Å². The SMILES string of the molecule is CN1CCN(C(=O)[C@@H]2COC3(CCCCC3)N2C(=O)c2ccccc2F)CC1. The van der Waals surface area contributed by atoms with Crippen LogP contribution in [0.2, 0.25) is 0 Å². The summed E-state index contributed by atoms with van der Waals surface area (Å²) in [4.78, 5) is 32.3. The fourth-order valence-electron chi connectivity index (χ4n) is 4.66. The van der Waals surface area contributed by atoms with Crippen LogP contribution >= 0.6 is 0 Å². The Bertz CT molecular complexity index is 742. The fraction of sp³-hybridized carbons (Fsp3) is 0.619. The van der Waals surface area contributed by atoms with Crippen molar-refractivity contribution >= 4 is 11.8 Å². The van der Waals surface area contributed by atoms with Gasteiger partial charge in [-0.1, -0.05) is 18.6 Å². The number of benzene rings is 1. The minimum Gasteiger partial charge on any atom is -0.353 e. The summed E-state index contributed by atoms with van der Waals surface area (Å²) < 4.78 is 20.5. The molecule has 2 amide bonds. The number of halogens is 1. The second kappa shape index (κ2) is 7.79. The average Bonchev–Trinajstić information content (AvgIpc) is 3.06. The average molecular weight is 389 g/mol. The largest absolute Gasteiger partial charge is 0.353 e. The molecule has 0 N–H and O–H groups in total. The summed E-state index contributed by atoms with van der Waals surface area (Å²) >= 11 is 0. The standard InChI is InChI=1S/C21H28FN3O3/c1-23-11-13-24(14-12-23)20(27)18-15-28-21(9-5-2-6-10-21)25(18)19(26)16-7-3-4-8-17(16)22/h3-4,7-8,18H,2,5-6,9-15H2,1H3/t18-/m0/s1. The van der Waals surface area contributed by atoms with E-state index < -0.39 is 23.5 Å². The Balaban J connectivity index is 1.64. The molecule has 1 aromatic carbocycles. The molecule has 1 spiro atoms. The molecule has 2 heterocycles. The lowest BCUT2D eigenvalue weighted by molar-refractivity contribution is -0.138. The predicted octanol–water partition coefficient (Wildman–Crippen LogP) is 2.10. The molecule has 0 radical (unpaired) electrons. The monoisotopic (exact) mass is 389 g/mol. The van der Waals surface area contributed by atoms with Crippen molar-refractivity contribution in [2.75, 3.05) is 39.8 Å². The molecule has 2 aliphatic heterocycles. The van der Waals surface area contributed by atoms with Gasteiger partial charge < -0.3 is 14.5 Å². The molecule has 1 saturated carbocycles. The molecular formula is C21H28FN3O3. The van der Waals surface area contributed by atoms with Crippen LogP contribution in [0.1, 0.15) is 42.5 Å². The van der Waals surface area contributed by atoms with E-state index in [1.54, 1.807) is 17.0 Å². The van der Waals surface area contributed by atoms with Crippen molar-refractivity contribution in [3.63, 3.8) is 0 Å². The van der Waals surface area contributed by atoms with Crippen molar-refractivity contribution in [3.8, 4) is 0 Å². The highest BCUT2D eigenvalue weighted by molar-refractivity contribution is 5.98. The second-order valence-electron chi connectivity index (χ2n) is 8.12. The Kier molecular flexibility index (Phi) is 5.38. The zero-order valence-electron chi connectivity index (χ0n) is 16.4. The minimum absolute atomic E-state index is 0.00845. The molecule has 152 valence electrons. The molecule has 1 aliphatic carbocycles. The maximum Gasteiger partial charge on any atom is 0.259 e. The van der Waals surface area contributed by atoms with Gasteiger partial charge in [-0.3, -0.25) is 14.5 Å². The molecule has 1 atom stereocenters. The summed E-state index contributed by atoms with van der Waals surface area (Å²) in [5.74, 6) is -1.08. The summed E-state index contributed by atoms with van der Waals surface area (Å²) in [6, 6.07) is 5.31. The smallest absolute Gasteiger partial charge is 0.259 e. The maximum absolute atomic E-state index is 14.4. The first-order valence-electron chi connectivity index (χ1n) is 10.2. The lowest BCUT2D eigenvalue weighted by Crippen LogP contribution is -2.59. The molecule has 1 aromatic rings. The van der Waals surface area contributed by atoms with Crippen LogP contribution in [-0.2, 0) is 9.53 Å². The van der Waals surface area contributed by atoms with Gasteiger partial charge in [-0.15, -0.1) is 0 Å². The first-order valence-corrected chi connectivity index (χ1v) is 10.2. The number of rotatable bonds is 2. The van der Waals surface area contributed by atoms with Gasteiger partial charge in [0, 0.05) is 26.2 Å². The zero-order valence-corrected chi connectivity index (χ0v) is 16.4. The summed E-state index contributed by atoms with van der Waals surface area (Å²) in [7, 11) is 2.03. The summed E-state index contributed by atoms with van der Waals surface area (Å²) in [5.41, 5.74) is -0.779. The number of carbonyl (C=O) groups is 2. The van der Waals surface area contributed by atoms with Crippen LogP contribution in [0, 0.1) is 5.82 Å². The van der Waals surface area contributed by atoms with Gasteiger partial charge in [-0.25, -0.2) is 4.39 Å². The van der Waals surface area contributed by atoms with Crippen molar-refractivity contribution < 1.29 is 18.7 Å². The van der Waals surface area contributed by atoms with E-state index in [-0.39, 0.29) is 18.1 Å². The van der Waals surface area contributed by atoms with Gasteiger partial charge in [0.05, 0.1) is 12.2 Å². The number of ether oxygens (including phenoxy) is 1. The van der Waals surface area contributed by atoms with Crippen molar-refractivity contribution in [2.45, 2.75) is 43.9 Å². The number of hydrogen-bond acceptors (Lipinski definition) is 4. The quantitative estimate of drug-likeness (QED) is 0.777. The van der Waals surface area contributed by atoms with Gasteiger partial charge >= 0.3 is 0 Å². The Hall–Kier alpha value is -1.99. The van der Waals surface area contributed by atoms with Crippen LogP contribution in [-0.4, -0.2) is 78.1 Å². The van der Waals surface area contributed by atoms with E-state index in [0.717, 1.165) is 32.4 Å². The zero-order chi connectivity index (χ0) is 19.7. The van der Waals surface area contributed by atoms with Crippen LogP contribution in [0.3, 0.4) is 0 Å². The first kappa shape index (κ1) is 19.3. The Morgan fingerprint density at radius 2 is 1.75 bits per heavy atom. The third kappa shape index (κ3) is 3.42. The number of carbonyl (C=O) groups excluding carboxylic acids is 2. The second-order valence-corrected chi connectivity index (χ2v) is 8.12. The van der Waals surface area contributed by atoms with Gasteiger partial charge in [0.2, 0.25) is 5.91 Å². The van der Waals surface area contributed by atoms with E-state index >= 15 is 0 Å². The molecule has 3 aliphatic rings. The van der Waals surface area contributed by atoms with Crippen molar-refractivity contribution in [1.82, 2.24) is 14.7 Å². The molecular weight excluding hydrogens is 361 g/mol. The van der Waals surface area contributed by atoms with Crippen LogP contribution in [0.5, 0.6) is 0 Å². The molecule has 28 heavy (non-hydrogen) atoms. The van der Waals surface area contributed by atoms with E-state index in [1.165, 1.54) is 12.1 Å². The normalized spacial score (nSPS) is 25.3. The molecule has 0 unspecified atom stereocenters. The topological polar surface area (TPSA) is 53.1 Å². The van der Waals surface area contributed by atoms with Gasteiger partial charge in [-0.2, -0.15) is 0 Å². The molecule has 3 fully saturated rings. The van der Waals surface area contributed by atoms with Crippen molar-refractivity contribution in [1.29, 1.82) is 0 Å². The number of likely N-dealkylation sites (N-methyl/N-ethyl adjacent to an activating group) is 1. The van der Waals surface area contributed by atoms with Gasteiger partial charge in [0.1, 0.15) is 17.6 Å². The third-order valence-corrected chi connectivity index (χ3v) is 6.32. The highest BCUT2D eigenvalue weighted by Gasteiger charge is 2.54. The Morgan fingerprint density at radius 1 is 1.07 bits per heavy atom. The Morgan fingerprint density at radius 3 is 2.43 bits per heavy atom. The summed E-state index contributed by atoms with van der Waals surface area (Å²) in [6.45, 7) is 3.09. The van der Waals surface area contributed by atoms with E-state index in [2.05, 4.69) is 4.90 Å². The lowest BCUT2D eigenvalue weighted by Gasteiger charge is -2.42. The number of amides is 2. The number of hydrogen-bond donors (Lipinski definition) is 0. The highest BCUT2D eigenvalue weighted by Crippen LogP contribution is 2.42. The van der Waals surface area contributed by atoms with Gasteiger partial charge in [0.15, 0.2) is 0 Å². The molecule has 0 bridgehead atoms. The van der Waals surface area contributed by atoms with Crippen LogP contribution in [0.15, 0.2) is 24.3 Å². The number of nitrogens with zero attached hydrogens (tertiary/aromatic N) is 3. The van der Waals surface area contributed by atoms with Gasteiger partial charge in [0.25, 0.3) is 5.91 Å². The summed E-state index contributed by atoms with van der Waals surface area (Å²) in [6.07, 6.45) is 4.36. The predicted molar refractivity (Wildman–Crippen MR) is 102 cm³/mol. The fourth-order valence-corrected chi connectivity index (χ4v) is 4.66. The minimum atomic E-state index is -0.787. The molecule has 0 aromatic heterocycles. The first-order chi connectivity index (χ1) is 13.5. The lowest BCUT2D eigenvalue weighted by atomic mass is 9.89. The van der Waals surface area contributed by atoms with Crippen molar-refractivity contribution in [2.24, 2.45) is 0 Å². The highest BCUT2D eigenvalue weighted by atomic mass is 19.1. The third-order valence-electron chi connectivity index (χ3n) is 6.32. The number of piperazine rings is 1. The summed E-state index contributed by atoms with van der Waals surface area (Å²) in [5, 5.41) is 0. The van der Waals surface area contributed by atoms with Gasteiger partial charge in [-0.05, 0) is 44.9 Å². The van der Waals surface area contributed by atoms with Crippen LogP contribution < -0.4 is 0 Å². The van der Waals surface area contributed by atoms with E-state index in [1.807, 2.05) is 11.9 Å². The van der Waals surface area contributed by atoms with Crippen molar-refractivity contribution in [3.05, 3.63) is 35.6 Å². The molecule has 6 nitrogen and oxygen atoms in total. The van der Waals surface area contributed by atoms with E-state index in [9.17, 15) is 14.0 Å². The molecule has 7 heteroatoms.